The van der Waals surface area contributed by atoms with Gasteiger partial charge in [0.25, 0.3) is 0 Å². The van der Waals surface area contributed by atoms with E-state index >= 15 is 0 Å². The number of rotatable bonds is 7. The van der Waals surface area contributed by atoms with Gasteiger partial charge in [-0.1, -0.05) is 32.8 Å². The fourth-order valence-electron chi connectivity index (χ4n) is 2.00. The van der Waals surface area contributed by atoms with Gasteiger partial charge in [-0.25, -0.2) is 0 Å². The van der Waals surface area contributed by atoms with Gasteiger partial charge in [-0.05, 0) is 43.6 Å². The van der Waals surface area contributed by atoms with Gasteiger partial charge in [0.05, 0.1) is 7.11 Å². The van der Waals surface area contributed by atoms with Crippen molar-refractivity contribution in [3.05, 3.63) is 24.3 Å². The summed E-state index contributed by atoms with van der Waals surface area (Å²) in [5.74, 6) is 1.59. The first-order valence-corrected chi connectivity index (χ1v) is 7.63. The van der Waals surface area contributed by atoms with Crippen molar-refractivity contribution in [1.82, 2.24) is 5.32 Å². The summed E-state index contributed by atoms with van der Waals surface area (Å²) in [5.41, 5.74) is 0.941. The fourth-order valence-corrected chi connectivity index (χ4v) is 2.32. The van der Waals surface area contributed by atoms with E-state index in [2.05, 4.69) is 31.4 Å². The molecule has 0 aliphatic heterocycles. The van der Waals surface area contributed by atoms with E-state index in [0.29, 0.717) is 11.2 Å². The van der Waals surface area contributed by atoms with Gasteiger partial charge in [0.1, 0.15) is 5.75 Å². The molecule has 0 aliphatic rings. The summed E-state index contributed by atoms with van der Waals surface area (Å²) in [7, 11) is 1.66. The summed E-state index contributed by atoms with van der Waals surface area (Å²) in [6.45, 7) is 6.68. The molecule has 0 amide bonds. The molecule has 1 atom stereocenters. The van der Waals surface area contributed by atoms with Gasteiger partial charge in [0.2, 0.25) is 0 Å². The molecule has 0 radical (unpaired) electrons. The monoisotopic (exact) mass is 294 g/mol. The van der Waals surface area contributed by atoms with Crippen molar-refractivity contribution in [1.29, 1.82) is 0 Å². The summed E-state index contributed by atoms with van der Waals surface area (Å²) in [5, 5.41) is 7.17. The van der Waals surface area contributed by atoms with Crippen LogP contribution in [-0.2, 0) is 0 Å². The molecular weight excluding hydrogens is 268 g/mol. The van der Waals surface area contributed by atoms with Crippen molar-refractivity contribution < 1.29 is 4.74 Å². The molecule has 0 unspecified atom stereocenters. The van der Waals surface area contributed by atoms with Gasteiger partial charge < -0.3 is 15.4 Å². The zero-order valence-electron chi connectivity index (χ0n) is 12.9. The number of benzene rings is 1. The Morgan fingerprint density at radius 1 is 1.25 bits per heavy atom. The minimum atomic E-state index is 0.388. The number of methoxy groups -OCH3 is 1. The highest BCUT2D eigenvalue weighted by Crippen LogP contribution is 2.16. The van der Waals surface area contributed by atoms with Crippen LogP contribution in [0.25, 0.3) is 0 Å². The standard InChI is InChI=1S/C16H26N2OS/c1-12(2)7-5-8-13(3)17-16(20)18-14-9-6-10-15(11-14)19-4/h6,9-13H,5,7-8H2,1-4H3,(H2,17,18,20)/t13-/m1/s1. The van der Waals surface area contributed by atoms with Crippen molar-refractivity contribution in [3.8, 4) is 5.75 Å². The maximum atomic E-state index is 5.33. The van der Waals surface area contributed by atoms with Crippen LogP contribution in [0.1, 0.15) is 40.0 Å². The lowest BCUT2D eigenvalue weighted by Crippen LogP contribution is -2.35. The molecule has 1 aromatic rings. The number of hydrogen-bond donors (Lipinski definition) is 2. The molecule has 0 spiro atoms. The van der Waals surface area contributed by atoms with E-state index in [9.17, 15) is 0 Å². The maximum Gasteiger partial charge on any atom is 0.170 e. The van der Waals surface area contributed by atoms with E-state index in [1.165, 1.54) is 12.8 Å². The van der Waals surface area contributed by atoms with Crippen LogP contribution in [0.15, 0.2) is 24.3 Å². The minimum Gasteiger partial charge on any atom is -0.497 e. The quantitative estimate of drug-likeness (QED) is 0.739. The zero-order chi connectivity index (χ0) is 15.0. The Morgan fingerprint density at radius 3 is 2.65 bits per heavy atom. The Labute approximate surface area is 128 Å². The SMILES string of the molecule is COc1cccc(NC(=S)N[C@H](C)CCCC(C)C)c1. The molecule has 1 aromatic carbocycles. The van der Waals surface area contributed by atoms with E-state index in [-0.39, 0.29) is 0 Å². The third-order valence-electron chi connectivity index (χ3n) is 3.12. The summed E-state index contributed by atoms with van der Waals surface area (Å²) >= 11 is 5.33. The number of anilines is 1. The Kier molecular flexibility index (Phi) is 7.37. The van der Waals surface area contributed by atoms with Crippen LogP contribution in [-0.4, -0.2) is 18.3 Å². The van der Waals surface area contributed by atoms with Crippen molar-refractivity contribution in [3.63, 3.8) is 0 Å². The Balaban J connectivity index is 2.35. The Hall–Kier alpha value is -1.29. The molecule has 0 heterocycles. The van der Waals surface area contributed by atoms with Crippen molar-refractivity contribution in [2.45, 2.75) is 46.1 Å². The number of thiocarbonyl (C=S) groups is 1. The van der Waals surface area contributed by atoms with Gasteiger partial charge in [0.15, 0.2) is 5.11 Å². The van der Waals surface area contributed by atoms with Crippen LogP contribution >= 0.6 is 12.2 Å². The van der Waals surface area contributed by atoms with Crippen LogP contribution in [0.5, 0.6) is 5.75 Å². The molecule has 1 rings (SSSR count). The smallest absolute Gasteiger partial charge is 0.170 e. The average molecular weight is 294 g/mol. The van der Waals surface area contributed by atoms with Crippen LogP contribution < -0.4 is 15.4 Å². The second kappa shape index (κ2) is 8.80. The summed E-state index contributed by atoms with van der Waals surface area (Å²) in [6, 6.07) is 8.14. The second-order valence-corrected chi connectivity index (χ2v) is 5.96. The molecule has 3 nitrogen and oxygen atoms in total. The average Bonchev–Trinajstić information content (AvgIpc) is 2.38. The molecule has 2 N–H and O–H groups in total. The van der Waals surface area contributed by atoms with Gasteiger partial charge in [-0.2, -0.15) is 0 Å². The molecule has 0 saturated carbocycles. The van der Waals surface area contributed by atoms with Crippen molar-refractivity contribution in [2.75, 3.05) is 12.4 Å². The van der Waals surface area contributed by atoms with Gasteiger partial charge in [-0.3, -0.25) is 0 Å². The normalized spacial score (nSPS) is 12.1. The second-order valence-electron chi connectivity index (χ2n) is 5.56. The van der Waals surface area contributed by atoms with Crippen LogP contribution in [0.2, 0.25) is 0 Å². The summed E-state index contributed by atoms with van der Waals surface area (Å²) < 4.78 is 5.19. The van der Waals surface area contributed by atoms with Gasteiger partial charge >= 0.3 is 0 Å². The third-order valence-corrected chi connectivity index (χ3v) is 3.34. The van der Waals surface area contributed by atoms with E-state index < -0.39 is 0 Å². The van der Waals surface area contributed by atoms with Gasteiger partial charge in [-0.15, -0.1) is 0 Å². The molecule has 0 saturated heterocycles. The predicted molar refractivity (Wildman–Crippen MR) is 90.5 cm³/mol. The predicted octanol–water partition coefficient (Wildman–Crippen LogP) is 4.20. The highest BCUT2D eigenvalue weighted by atomic mass is 32.1. The first kappa shape index (κ1) is 16.8. The largest absolute Gasteiger partial charge is 0.497 e. The van der Waals surface area contributed by atoms with Gasteiger partial charge in [0, 0.05) is 17.8 Å². The van der Waals surface area contributed by atoms with E-state index in [1.54, 1.807) is 7.11 Å². The molecule has 0 bridgehead atoms. The molecular formula is C16H26N2OS. The first-order chi connectivity index (χ1) is 9.51. The molecule has 20 heavy (non-hydrogen) atoms. The molecule has 4 heteroatoms. The van der Waals surface area contributed by atoms with Crippen molar-refractivity contribution >= 4 is 23.0 Å². The lowest BCUT2D eigenvalue weighted by atomic mass is 10.0. The van der Waals surface area contributed by atoms with Crippen LogP contribution in [0, 0.1) is 5.92 Å². The zero-order valence-corrected chi connectivity index (χ0v) is 13.7. The number of ether oxygens (including phenoxy) is 1. The topological polar surface area (TPSA) is 33.3 Å². The van der Waals surface area contributed by atoms with E-state index in [4.69, 9.17) is 17.0 Å². The molecule has 0 aromatic heterocycles. The van der Waals surface area contributed by atoms with E-state index in [0.717, 1.165) is 23.8 Å². The van der Waals surface area contributed by atoms with Crippen LogP contribution in [0.4, 0.5) is 5.69 Å². The number of hydrogen-bond acceptors (Lipinski definition) is 2. The highest BCUT2D eigenvalue weighted by Gasteiger charge is 2.05. The lowest BCUT2D eigenvalue weighted by Gasteiger charge is -2.17. The molecule has 0 aliphatic carbocycles. The maximum absolute atomic E-state index is 5.33. The fraction of sp³-hybridized carbons (Fsp3) is 0.562. The highest BCUT2D eigenvalue weighted by molar-refractivity contribution is 7.80. The Bertz CT molecular complexity index is 421. The molecule has 112 valence electrons. The third kappa shape index (κ3) is 6.75. The summed E-state index contributed by atoms with van der Waals surface area (Å²) in [4.78, 5) is 0. The van der Waals surface area contributed by atoms with E-state index in [1.807, 2.05) is 24.3 Å². The lowest BCUT2D eigenvalue weighted by molar-refractivity contribution is 0.415. The number of nitrogens with one attached hydrogen (secondary N) is 2. The Morgan fingerprint density at radius 2 is 2.00 bits per heavy atom. The minimum absolute atomic E-state index is 0.388. The molecule has 0 fully saturated rings. The van der Waals surface area contributed by atoms with Crippen LogP contribution in [0.3, 0.4) is 0 Å². The van der Waals surface area contributed by atoms with Crippen molar-refractivity contribution in [2.24, 2.45) is 5.92 Å². The first-order valence-electron chi connectivity index (χ1n) is 7.23. The summed E-state index contributed by atoms with van der Waals surface area (Å²) in [6.07, 6.45) is 3.63.